The highest BCUT2D eigenvalue weighted by Crippen LogP contribution is 2.43. The molecule has 0 saturated carbocycles. The summed E-state index contributed by atoms with van der Waals surface area (Å²) in [6.45, 7) is 3.51. The van der Waals surface area contributed by atoms with Crippen molar-refractivity contribution in [2.45, 2.75) is 64.6 Å². The van der Waals surface area contributed by atoms with E-state index in [0.717, 1.165) is 25.7 Å². The molecule has 0 amide bonds. The minimum atomic E-state index is -4.18. The van der Waals surface area contributed by atoms with E-state index in [-0.39, 0.29) is 13.2 Å². The summed E-state index contributed by atoms with van der Waals surface area (Å²) in [7, 11) is -4.18. The van der Waals surface area contributed by atoms with Crippen LogP contribution in [0.2, 0.25) is 0 Å². The van der Waals surface area contributed by atoms with Crippen LogP contribution in [-0.2, 0) is 13.6 Å². The average molecular weight is 298 g/mol. The summed E-state index contributed by atoms with van der Waals surface area (Å²) in [5.74, 6) is 0. The Labute approximate surface area is 115 Å². The zero-order chi connectivity index (χ0) is 14.7. The zero-order valence-electron chi connectivity index (χ0n) is 11.8. The first-order chi connectivity index (χ1) is 8.91. The molecule has 116 valence electrons. The Hall–Kier alpha value is 0.0300. The Morgan fingerprint density at radius 3 is 1.63 bits per heavy atom. The van der Waals surface area contributed by atoms with Gasteiger partial charge in [0.05, 0.1) is 25.4 Å². The largest absolute Gasteiger partial charge is 0.472 e. The van der Waals surface area contributed by atoms with Crippen molar-refractivity contribution < 1.29 is 28.7 Å². The van der Waals surface area contributed by atoms with E-state index in [1.807, 2.05) is 13.8 Å². The third-order valence-electron chi connectivity index (χ3n) is 2.64. The fourth-order valence-electron chi connectivity index (χ4n) is 1.44. The molecule has 0 aliphatic rings. The molecule has 2 atom stereocenters. The molecule has 7 heteroatoms. The highest BCUT2D eigenvalue weighted by molar-refractivity contribution is 7.47. The van der Waals surface area contributed by atoms with Gasteiger partial charge in [-0.05, 0) is 12.8 Å². The van der Waals surface area contributed by atoms with Crippen molar-refractivity contribution in [2.75, 3.05) is 13.2 Å². The van der Waals surface area contributed by atoms with Gasteiger partial charge >= 0.3 is 7.82 Å². The zero-order valence-corrected chi connectivity index (χ0v) is 12.7. The van der Waals surface area contributed by atoms with Crippen molar-refractivity contribution in [3.63, 3.8) is 0 Å². The lowest BCUT2D eigenvalue weighted by Gasteiger charge is -2.17. The molecule has 19 heavy (non-hydrogen) atoms. The third kappa shape index (κ3) is 11.5. The molecule has 2 unspecified atom stereocenters. The van der Waals surface area contributed by atoms with E-state index in [2.05, 4.69) is 9.05 Å². The highest BCUT2D eigenvalue weighted by Gasteiger charge is 2.23. The topological polar surface area (TPSA) is 96.2 Å². The first-order valence-electron chi connectivity index (χ1n) is 6.89. The van der Waals surface area contributed by atoms with Crippen molar-refractivity contribution in [2.24, 2.45) is 0 Å². The molecule has 0 spiro atoms. The van der Waals surface area contributed by atoms with Gasteiger partial charge in [0, 0.05) is 0 Å². The number of rotatable bonds is 12. The van der Waals surface area contributed by atoms with Gasteiger partial charge in [-0.1, -0.05) is 39.5 Å². The molecule has 0 bridgehead atoms. The number of aliphatic hydroxyl groups excluding tert-OH is 2. The van der Waals surface area contributed by atoms with E-state index >= 15 is 0 Å². The van der Waals surface area contributed by atoms with Crippen LogP contribution in [0.4, 0.5) is 0 Å². The van der Waals surface area contributed by atoms with Gasteiger partial charge < -0.3 is 15.1 Å². The van der Waals surface area contributed by atoms with Crippen LogP contribution in [0.1, 0.15) is 52.4 Å². The third-order valence-corrected chi connectivity index (χ3v) is 3.59. The van der Waals surface area contributed by atoms with Gasteiger partial charge in [-0.25, -0.2) is 4.57 Å². The fourth-order valence-corrected chi connectivity index (χ4v) is 2.24. The van der Waals surface area contributed by atoms with Crippen molar-refractivity contribution in [1.29, 1.82) is 0 Å². The van der Waals surface area contributed by atoms with Crippen molar-refractivity contribution in [3.05, 3.63) is 0 Å². The van der Waals surface area contributed by atoms with Gasteiger partial charge in [-0.3, -0.25) is 9.05 Å². The smallest absolute Gasteiger partial charge is 0.391 e. The molecule has 0 heterocycles. The normalized spacial score (nSPS) is 17.9. The lowest BCUT2D eigenvalue weighted by Crippen LogP contribution is -2.17. The molecule has 0 fully saturated rings. The van der Waals surface area contributed by atoms with Crippen molar-refractivity contribution in [3.8, 4) is 0 Å². The highest BCUT2D eigenvalue weighted by atomic mass is 31.2. The number of unbranched alkanes of at least 4 members (excludes halogenated alkanes) is 2. The molecule has 0 aliphatic carbocycles. The Bertz CT molecular complexity index is 239. The summed E-state index contributed by atoms with van der Waals surface area (Å²) >= 11 is 0. The van der Waals surface area contributed by atoms with Crippen LogP contribution in [0.5, 0.6) is 0 Å². The molecule has 3 N–H and O–H groups in total. The van der Waals surface area contributed by atoms with Crippen LogP contribution in [0.25, 0.3) is 0 Å². The van der Waals surface area contributed by atoms with E-state index in [4.69, 9.17) is 0 Å². The SMILES string of the molecule is CCCCC(O)COP(=O)(O)OCC(O)CCCC. The Morgan fingerprint density at radius 2 is 1.32 bits per heavy atom. The molecule has 0 aromatic rings. The maximum absolute atomic E-state index is 11.5. The molecule has 0 rings (SSSR count). The predicted molar refractivity (Wildman–Crippen MR) is 72.8 cm³/mol. The lowest BCUT2D eigenvalue weighted by atomic mass is 10.2. The second-order valence-electron chi connectivity index (χ2n) is 4.65. The quantitative estimate of drug-likeness (QED) is 0.478. The molecule has 0 aromatic heterocycles. The fraction of sp³-hybridized carbons (Fsp3) is 1.00. The minimum Gasteiger partial charge on any atom is -0.391 e. The van der Waals surface area contributed by atoms with E-state index in [1.165, 1.54) is 0 Å². The summed E-state index contributed by atoms with van der Waals surface area (Å²) in [6, 6.07) is 0. The summed E-state index contributed by atoms with van der Waals surface area (Å²) in [4.78, 5) is 9.35. The maximum Gasteiger partial charge on any atom is 0.472 e. The van der Waals surface area contributed by atoms with Gasteiger partial charge in [-0.15, -0.1) is 0 Å². The standard InChI is InChI=1S/C12H27O6P/c1-3-5-7-11(13)9-17-19(15,16)18-10-12(14)8-6-4-2/h11-14H,3-10H2,1-2H3,(H,15,16). The maximum atomic E-state index is 11.5. The summed E-state index contributed by atoms with van der Waals surface area (Å²) in [5.41, 5.74) is 0. The van der Waals surface area contributed by atoms with Crippen molar-refractivity contribution in [1.82, 2.24) is 0 Å². The molecule has 6 nitrogen and oxygen atoms in total. The van der Waals surface area contributed by atoms with Crippen LogP contribution < -0.4 is 0 Å². The average Bonchev–Trinajstić information content (AvgIpc) is 2.38. The van der Waals surface area contributed by atoms with Gasteiger partial charge in [0.2, 0.25) is 0 Å². The van der Waals surface area contributed by atoms with Crippen LogP contribution in [0.15, 0.2) is 0 Å². The van der Waals surface area contributed by atoms with E-state index in [1.54, 1.807) is 0 Å². The first kappa shape index (κ1) is 19.0. The second-order valence-corrected chi connectivity index (χ2v) is 6.11. The first-order valence-corrected chi connectivity index (χ1v) is 8.38. The molecule has 0 radical (unpaired) electrons. The molecule has 0 aromatic carbocycles. The Balaban J connectivity index is 3.81. The molecular weight excluding hydrogens is 271 g/mol. The van der Waals surface area contributed by atoms with Gasteiger partial charge in [0.1, 0.15) is 0 Å². The van der Waals surface area contributed by atoms with Crippen LogP contribution >= 0.6 is 7.82 Å². The Kier molecular flexibility index (Phi) is 10.8. The minimum absolute atomic E-state index is 0.237. The number of phosphoric ester groups is 1. The Morgan fingerprint density at radius 1 is 0.947 bits per heavy atom. The van der Waals surface area contributed by atoms with Crippen LogP contribution in [0, 0.1) is 0 Å². The van der Waals surface area contributed by atoms with Crippen molar-refractivity contribution >= 4 is 7.82 Å². The van der Waals surface area contributed by atoms with E-state index in [0.29, 0.717) is 12.8 Å². The van der Waals surface area contributed by atoms with Crippen LogP contribution in [-0.4, -0.2) is 40.5 Å². The molecule has 0 aliphatic heterocycles. The number of hydrogen-bond acceptors (Lipinski definition) is 5. The summed E-state index contributed by atoms with van der Waals surface area (Å²) in [6.07, 6.45) is 3.05. The molecular formula is C12H27O6P. The summed E-state index contributed by atoms with van der Waals surface area (Å²) in [5, 5.41) is 18.9. The van der Waals surface area contributed by atoms with Gasteiger partial charge in [0.25, 0.3) is 0 Å². The van der Waals surface area contributed by atoms with Gasteiger partial charge in [-0.2, -0.15) is 0 Å². The monoisotopic (exact) mass is 298 g/mol. The van der Waals surface area contributed by atoms with Gasteiger partial charge in [0.15, 0.2) is 0 Å². The summed E-state index contributed by atoms with van der Waals surface area (Å²) < 4.78 is 20.8. The van der Waals surface area contributed by atoms with E-state index < -0.39 is 20.0 Å². The lowest BCUT2D eigenvalue weighted by molar-refractivity contribution is 0.0435. The second kappa shape index (κ2) is 10.8. The number of phosphoric acid groups is 1. The molecule has 0 saturated heterocycles. The predicted octanol–water partition coefficient (Wildman–Crippen LogP) is 2.22. The number of hydrogen-bond donors (Lipinski definition) is 3. The number of aliphatic hydroxyl groups is 2. The van der Waals surface area contributed by atoms with Crippen LogP contribution in [0.3, 0.4) is 0 Å². The van der Waals surface area contributed by atoms with E-state index in [9.17, 15) is 19.7 Å².